The van der Waals surface area contributed by atoms with Crippen LogP contribution in [-0.2, 0) is 10.5 Å². The highest BCUT2D eigenvalue weighted by atomic mass is 32.2. The average Bonchev–Trinajstić information content (AvgIpc) is 2.45. The summed E-state index contributed by atoms with van der Waals surface area (Å²) in [5.74, 6) is 0.528. The van der Waals surface area contributed by atoms with Crippen LogP contribution in [0.5, 0.6) is 0 Å². The van der Waals surface area contributed by atoms with Crippen molar-refractivity contribution in [3.05, 3.63) is 29.8 Å². The number of carbonyl (C=O) groups is 2. The minimum atomic E-state index is -0.474. The number of fused-ring (bicyclic) bond motifs is 1. The van der Waals surface area contributed by atoms with Crippen LogP contribution in [0, 0.1) is 0 Å². The van der Waals surface area contributed by atoms with Gasteiger partial charge in [-0.05, 0) is 39.3 Å². The van der Waals surface area contributed by atoms with E-state index in [-0.39, 0.29) is 11.4 Å². The molecule has 0 bridgehead atoms. The molecule has 5 nitrogen and oxygen atoms in total. The second-order valence-electron chi connectivity index (χ2n) is 6.25. The Morgan fingerprint density at radius 3 is 2.70 bits per heavy atom. The molecule has 7 heteroatoms. The molecule has 0 aromatic heterocycles. The van der Waals surface area contributed by atoms with Gasteiger partial charge in [-0.3, -0.25) is 10.1 Å². The summed E-state index contributed by atoms with van der Waals surface area (Å²) in [4.78, 5) is 28.4. The van der Waals surface area contributed by atoms with Gasteiger partial charge in [-0.15, -0.1) is 0 Å². The van der Waals surface area contributed by atoms with E-state index in [9.17, 15) is 9.59 Å². The van der Waals surface area contributed by atoms with Crippen LogP contribution < -0.4 is 10.6 Å². The monoisotopic (exact) mass is 351 g/mol. The third kappa shape index (κ3) is 5.58. The molecule has 2 rings (SSSR count). The molecule has 0 saturated heterocycles. The summed E-state index contributed by atoms with van der Waals surface area (Å²) in [5.41, 5.74) is 1.77. The second kappa shape index (κ2) is 7.40. The number of rotatable bonds is 2. The highest BCUT2D eigenvalue weighted by Crippen LogP contribution is 2.35. The molecule has 1 atom stereocenters. The third-order valence-electron chi connectivity index (χ3n) is 2.93. The Kier molecular flexibility index (Phi) is 5.75. The molecule has 3 amide bonds. The van der Waals surface area contributed by atoms with Gasteiger partial charge in [0.1, 0.15) is 4.38 Å². The lowest BCUT2D eigenvalue weighted by Crippen LogP contribution is -2.49. The van der Waals surface area contributed by atoms with E-state index in [1.807, 2.05) is 39.0 Å². The Morgan fingerprint density at radius 1 is 1.30 bits per heavy atom. The third-order valence-corrected chi connectivity index (χ3v) is 5.22. The molecule has 2 N–H and O–H groups in total. The highest BCUT2D eigenvalue weighted by molar-refractivity contribution is 8.39. The van der Waals surface area contributed by atoms with Crippen molar-refractivity contribution in [2.45, 2.75) is 44.2 Å². The Balaban J connectivity index is 1.92. The van der Waals surface area contributed by atoms with Crippen LogP contribution in [-0.4, -0.2) is 27.1 Å². The van der Waals surface area contributed by atoms with Gasteiger partial charge in [0.05, 0.1) is 10.9 Å². The first-order valence-electron chi connectivity index (χ1n) is 7.34. The molecule has 0 radical (unpaired) electrons. The summed E-state index contributed by atoms with van der Waals surface area (Å²) in [6.45, 7) is 7.36. The van der Waals surface area contributed by atoms with Gasteiger partial charge in [-0.1, -0.05) is 41.7 Å². The standard InChI is InChI=1S/C16H21N3O2S2/c1-10(13(20)18-14(21)19-16(2,3)4)23-15-17-12-8-6-5-7-11(12)9-22-15/h5-8,10H,9H2,1-4H3,(H2,18,19,20,21). The maximum Gasteiger partial charge on any atom is 0.321 e. The number of para-hydroxylation sites is 1. The number of aliphatic imine (C=N–C) groups is 1. The van der Waals surface area contributed by atoms with E-state index in [2.05, 4.69) is 21.7 Å². The molecular weight excluding hydrogens is 330 g/mol. The van der Waals surface area contributed by atoms with Crippen molar-refractivity contribution in [1.82, 2.24) is 10.6 Å². The number of benzene rings is 1. The lowest BCUT2D eigenvalue weighted by Gasteiger charge is -2.21. The van der Waals surface area contributed by atoms with Crippen LogP contribution in [0.15, 0.2) is 29.3 Å². The summed E-state index contributed by atoms with van der Waals surface area (Å²) in [7, 11) is 0. The number of carbonyl (C=O) groups excluding carboxylic acids is 2. The maximum absolute atomic E-state index is 12.1. The minimum absolute atomic E-state index is 0.320. The number of nitrogens with one attached hydrogen (secondary N) is 2. The second-order valence-corrected chi connectivity index (χ2v) is 8.80. The minimum Gasteiger partial charge on any atom is -0.333 e. The molecule has 0 spiro atoms. The van der Waals surface area contributed by atoms with Crippen molar-refractivity contribution in [1.29, 1.82) is 0 Å². The van der Waals surface area contributed by atoms with Crippen molar-refractivity contribution >= 4 is 45.5 Å². The quantitative estimate of drug-likeness (QED) is 0.853. The van der Waals surface area contributed by atoms with Crippen LogP contribution in [0.3, 0.4) is 0 Å². The average molecular weight is 351 g/mol. The van der Waals surface area contributed by atoms with Gasteiger partial charge >= 0.3 is 6.03 Å². The molecule has 1 unspecified atom stereocenters. The summed E-state index contributed by atoms with van der Waals surface area (Å²) < 4.78 is 0.850. The van der Waals surface area contributed by atoms with E-state index in [0.29, 0.717) is 0 Å². The Hall–Kier alpha value is -1.47. The van der Waals surface area contributed by atoms with E-state index < -0.39 is 11.3 Å². The zero-order chi connectivity index (χ0) is 17.0. The van der Waals surface area contributed by atoms with Crippen molar-refractivity contribution < 1.29 is 9.59 Å². The van der Waals surface area contributed by atoms with Gasteiger partial charge in [-0.25, -0.2) is 9.79 Å². The van der Waals surface area contributed by atoms with Crippen LogP contribution >= 0.6 is 23.5 Å². The van der Waals surface area contributed by atoms with Crippen molar-refractivity contribution in [3.63, 3.8) is 0 Å². The van der Waals surface area contributed by atoms with E-state index in [1.54, 1.807) is 18.7 Å². The smallest absolute Gasteiger partial charge is 0.321 e. The fourth-order valence-corrected chi connectivity index (χ4v) is 4.05. The first kappa shape index (κ1) is 17.9. The molecule has 1 aliphatic heterocycles. The predicted molar refractivity (Wildman–Crippen MR) is 98.3 cm³/mol. The van der Waals surface area contributed by atoms with Gasteiger partial charge in [-0.2, -0.15) is 0 Å². The Morgan fingerprint density at radius 2 is 2.00 bits per heavy atom. The van der Waals surface area contributed by atoms with Crippen LogP contribution in [0.4, 0.5) is 10.5 Å². The van der Waals surface area contributed by atoms with Gasteiger partial charge in [0.15, 0.2) is 0 Å². The van der Waals surface area contributed by atoms with Crippen molar-refractivity contribution in [2.24, 2.45) is 4.99 Å². The molecule has 1 aliphatic rings. The van der Waals surface area contributed by atoms with Crippen molar-refractivity contribution in [3.8, 4) is 0 Å². The van der Waals surface area contributed by atoms with Gasteiger partial charge in [0.25, 0.3) is 0 Å². The SMILES string of the molecule is CC(SC1=Nc2ccccc2CS1)C(=O)NC(=O)NC(C)(C)C. The van der Waals surface area contributed by atoms with Crippen LogP contribution in [0.25, 0.3) is 0 Å². The zero-order valence-corrected chi connectivity index (χ0v) is 15.3. The Labute approximate surface area is 145 Å². The lowest BCUT2D eigenvalue weighted by atomic mass is 10.1. The first-order valence-corrected chi connectivity index (χ1v) is 9.20. The van der Waals surface area contributed by atoms with Crippen molar-refractivity contribution in [2.75, 3.05) is 0 Å². The predicted octanol–water partition coefficient (Wildman–Crippen LogP) is 3.67. The molecule has 124 valence electrons. The van der Waals surface area contributed by atoms with E-state index in [4.69, 9.17) is 0 Å². The lowest BCUT2D eigenvalue weighted by molar-refractivity contribution is -0.119. The number of thioether (sulfide) groups is 2. The molecule has 0 saturated carbocycles. The van der Waals surface area contributed by atoms with Gasteiger partial charge in [0, 0.05) is 11.3 Å². The molecule has 23 heavy (non-hydrogen) atoms. The molecule has 1 aromatic carbocycles. The molecule has 0 aliphatic carbocycles. The molecular formula is C16H21N3O2S2. The van der Waals surface area contributed by atoms with Gasteiger partial charge in [0.2, 0.25) is 5.91 Å². The number of urea groups is 1. The maximum atomic E-state index is 12.1. The Bertz CT molecular complexity index is 638. The number of amides is 3. The number of nitrogens with zero attached hydrogens (tertiary/aromatic N) is 1. The fraction of sp³-hybridized carbons (Fsp3) is 0.438. The fourth-order valence-electron chi connectivity index (χ4n) is 1.86. The molecule has 1 aromatic rings. The van der Waals surface area contributed by atoms with E-state index in [0.717, 1.165) is 15.8 Å². The van der Waals surface area contributed by atoms with Crippen LogP contribution in [0.1, 0.15) is 33.3 Å². The molecule has 1 heterocycles. The number of hydrogen-bond donors (Lipinski definition) is 2. The summed E-state index contributed by atoms with van der Waals surface area (Å²) >= 11 is 2.99. The van der Waals surface area contributed by atoms with E-state index in [1.165, 1.54) is 17.3 Å². The normalized spacial score (nSPS) is 15.2. The summed E-state index contributed by atoms with van der Waals surface area (Å²) in [6.07, 6.45) is 0. The first-order chi connectivity index (χ1) is 10.7. The number of imide groups is 1. The molecule has 0 fully saturated rings. The largest absolute Gasteiger partial charge is 0.333 e. The number of hydrogen-bond acceptors (Lipinski definition) is 5. The van der Waals surface area contributed by atoms with Crippen LogP contribution in [0.2, 0.25) is 0 Å². The highest BCUT2D eigenvalue weighted by Gasteiger charge is 2.22. The topological polar surface area (TPSA) is 70.6 Å². The van der Waals surface area contributed by atoms with E-state index >= 15 is 0 Å². The zero-order valence-electron chi connectivity index (χ0n) is 13.7. The summed E-state index contributed by atoms with van der Waals surface area (Å²) in [5, 5.41) is 4.69. The summed E-state index contributed by atoms with van der Waals surface area (Å²) in [6, 6.07) is 7.50. The van der Waals surface area contributed by atoms with Gasteiger partial charge < -0.3 is 5.32 Å².